The number of benzene rings is 2. The van der Waals surface area contributed by atoms with E-state index in [4.69, 9.17) is 19.3 Å². The van der Waals surface area contributed by atoms with E-state index >= 15 is 0 Å². The molecule has 0 aliphatic heterocycles. The van der Waals surface area contributed by atoms with Gasteiger partial charge in [0.05, 0.1) is 10.2 Å². The molecule has 3 aromatic rings. The number of para-hydroxylation sites is 2. The summed E-state index contributed by atoms with van der Waals surface area (Å²) >= 11 is 3.07. The van der Waals surface area contributed by atoms with E-state index in [0.29, 0.717) is 0 Å². The van der Waals surface area contributed by atoms with Crippen molar-refractivity contribution in [1.82, 2.24) is 9.13 Å². The molecule has 1 N–H and O–H groups in total. The molecule has 0 fully saturated rings. The van der Waals surface area contributed by atoms with Crippen LogP contribution in [0.2, 0.25) is 0 Å². The van der Waals surface area contributed by atoms with Gasteiger partial charge in [0.2, 0.25) is 0 Å². The Morgan fingerprint density at radius 2 is 1.71 bits per heavy atom. The molecule has 0 radical (unpaired) electrons. The number of aromatic nitrogens is 2. The molecule has 0 amide bonds. The second-order valence-corrected chi connectivity index (χ2v) is 7.70. The second kappa shape index (κ2) is 9.92. The average molecular weight is 563 g/mol. The molecule has 1 heterocycles. The summed E-state index contributed by atoms with van der Waals surface area (Å²) in [5, 5.41) is 9.12. The Balaban J connectivity index is 2.11. The molecule has 0 unspecified atom stereocenters. The number of methoxy groups -OCH3 is 1. The number of carboxylic acid groups (broad SMARTS) is 1. The zero-order valence-electron chi connectivity index (χ0n) is 17.8. The molecule has 1 aromatic heterocycles. The van der Waals surface area contributed by atoms with Crippen LogP contribution in [0.4, 0.5) is 17.6 Å². The monoisotopic (exact) mass is 562 g/mol. The van der Waals surface area contributed by atoms with Gasteiger partial charge in [-0.25, -0.2) is 18.5 Å². The summed E-state index contributed by atoms with van der Waals surface area (Å²) in [7, 11) is 1.89. The van der Waals surface area contributed by atoms with E-state index < -0.39 is 46.9 Å². The molecule has 0 aliphatic rings. The molecular weight excluding hydrogens is 548 g/mol. The van der Waals surface area contributed by atoms with Crippen LogP contribution in [0, 0.1) is 5.82 Å². The largest absolute Gasteiger partial charge is 0.477 e. The number of carboxylic acids is 1. The predicted molar refractivity (Wildman–Crippen MR) is 116 cm³/mol. The van der Waals surface area contributed by atoms with Crippen molar-refractivity contribution in [2.45, 2.75) is 12.5 Å². The molecule has 0 bridgehead atoms. The van der Waals surface area contributed by atoms with Crippen LogP contribution in [0.1, 0.15) is 5.69 Å². The standard InChI is InChI=1S/C21H15BrF4N2O7/c1-27-16(21(24,25)26)9-17(29)28(20(27)32)12-8-15(10(22)7-11(12)23)34-13-5-3-4-6-14(13)35-19(33-2)18(30)31/h3-9,19H,1-2H3,(H,30,31)/t19-/m0/s1. The highest BCUT2D eigenvalue weighted by atomic mass is 79.9. The number of hydrogen-bond donors (Lipinski definition) is 1. The van der Waals surface area contributed by atoms with Crippen molar-refractivity contribution >= 4 is 21.9 Å². The van der Waals surface area contributed by atoms with Crippen LogP contribution in [0.15, 0.2) is 56.5 Å². The molecule has 0 saturated heterocycles. The molecule has 9 nitrogen and oxygen atoms in total. The summed E-state index contributed by atoms with van der Waals surface area (Å²) in [6.45, 7) is 0. The van der Waals surface area contributed by atoms with Gasteiger partial charge in [-0.15, -0.1) is 0 Å². The van der Waals surface area contributed by atoms with Crippen LogP contribution >= 0.6 is 15.9 Å². The highest BCUT2D eigenvalue weighted by Crippen LogP contribution is 2.37. The lowest BCUT2D eigenvalue weighted by Crippen LogP contribution is -2.41. The van der Waals surface area contributed by atoms with Crippen LogP contribution in [0.5, 0.6) is 17.2 Å². The zero-order valence-corrected chi connectivity index (χ0v) is 19.4. The first-order chi connectivity index (χ1) is 16.3. The molecule has 0 saturated carbocycles. The van der Waals surface area contributed by atoms with Crippen LogP contribution in [0.25, 0.3) is 5.69 Å². The maximum atomic E-state index is 14.7. The smallest absolute Gasteiger partial charge is 0.431 e. The second-order valence-electron chi connectivity index (χ2n) is 6.85. The molecule has 3 rings (SSSR count). The topological polar surface area (TPSA) is 109 Å². The normalized spacial score (nSPS) is 12.3. The van der Waals surface area contributed by atoms with Crippen LogP contribution in [0.3, 0.4) is 0 Å². The minimum atomic E-state index is -4.99. The van der Waals surface area contributed by atoms with Gasteiger partial charge in [0, 0.05) is 26.3 Å². The van der Waals surface area contributed by atoms with E-state index in [1.54, 1.807) is 0 Å². The van der Waals surface area contributed by atoms with E-state index in [0.717, 1.165) is 26.3 Å². The van der Waals surface area contributed by atoms with Crippen LogP contribution in [-0.2, 0) is 22.8 Å². The Morgan fingerprint density at radius 1 is 1.09 bits per heavy atom. The molecule has 1 atom stereocenters. The van der Waals surface area contributed by atoms with Gasteiger partial charge in [-0.1, -0.05) is 12.1 Å². The average Bonchev–Trinajstić information content (AvgIpc) is 2.77. The Morgan fingerprint density at radius 3 is 2.29 bits per heavy atom. The maximum absolute atomic E-state index is 14.7. The Labute approximate surface area is 201 Å². The Hall–Kier alpha value is -3.65. The summed E-state index contributed by atoms with van der Waals surface area (Å²) in [5.74, 6) is -2.84. The fourth-order valence-electron chi connectivity index (χ4n) is 2.95. The maximum Gasteiger partial charge on any atom is 0.431 e. The van der Waals surface area contributed by atoms with Crippen molar-refractivity contribution < 1.29 is 41.7 Å². The summed E-state index contributed by atoms with van der Waals surface area (Å²) in [5.41, 5.74) is -5.04. The van der Waals surface area contributed by atoms with Gasteiger partial charge in [0.1, 0.15) is 17.3 Å². The van der Waals surface area contributed by atoms with Gasteiger partial charge in [-0.2, -0.15) is 13.2 Å². The van der Waals surface area contributed by atoms with Gasteiger partial charge in [-0.05, 0) is 34.1 Å². The molecule has 14 heteroatoms. The lowest BCUT2D eigenvalue weighted by atomic mass is 10.2. The van der Waals surface area contributed by atoms with Crippen LogP contribution in [-0.4, -0.2) is 33.6 Å². The van der Waals surface area contributed by atoms with E-state index in [1.165, 1.54) is 24.3 Å². The molecule has 0 aliphatic carbocycles. The van der Waals surface area contributed by atoms with E-state index in [1.807, 2.05) is 0 Å². The predicted octanol–water partition coefficient (Wildman–Crippen LogP) is 3.68. The number of alkyl halides is 3. The minimum Gasteiger partial charge on any atom is -0.477 e. The highest BCUT2D eigenvalue weighted by Gasteiger charge is 2.35. The molecular formula is C21H15BrF4N2O7. The third kappa shape index (κ3) is 5.38. The summed E-state index contributed by atoms with van der Waals surface area (Å²) < 4.78 is 70.2. The lowest BCUT2D eigenvalue weighted by molar-refractivity contribution is -0.166. The first-order valence-electron chi connectivity index (χ1n) is 9.44. The van der Waals surface area contributed by atoms with Gasteiger partial charge in [0.15, 0.2) is 11.5 Å². The first-order valence-corrected chi connectivity index (χ1v) is 10.2. The zero-order chi connectivity index (χ0) is 26.1. The van der Waals surface area contributed by atoms with Crippen LogP contribution < -0.4 is 20.7 Å². The number of carbonyl (C=O) groups is 1. The van der Waals surface area contributed by atoms with E-state index in [2.05, 4.69) is 15.9 Å². The van der Waals surface area contributed by atoms with Gasteiger partial charge in [-0.3, -0.25) is 9.36 Å². The van der Waals surface area contributed by atoms with Gasteiger partial charge >= 0.3 is 17.8 Å². The number of halogens is 5. The first kappa shape index (κ1) is 26.0. The van der Waals surface area contributed by atoms with E-state index in [-0.39, 0.29) is 36.9 Å². The third-order valence-corrected chi connectivity index (χ3v) is 5.19. The van der Waals surface area contributed by atoms with Crippen molar-refractivity contribution in [3.05, 3.63) is 79.3 Å². The molecule has 35 heavy (non-hydrogen) atoms. The van der Waals surface area contributed by atoms with Crippen molar-refractivity contribution in [2.75, 3.05) is 7.11 Å². The fraction of sp³-hybridized carbons (Fsp3) is 0.190. The summed E-state index contributed by atoms with van der Waals surface area (Å²) in [4.78, 5) is 36.1. The SMILES string of the molecule is CO[C@@H](Oc1ccccc1Oc1cc(-n2c(=O)cc(C(F)(F)F)n(C)c2=O)c(F)cc1Br)C(=O)O. The highest BCUT2D eigenvalue weighted by molar-refractivity contribution is 9.10. The fourth-order valence-corrected chi connectivity index (χ4v) is 3.35. The van der Waals surface area contributed by atoms with Crippen molar-refractivity contribution in [2.24, 2.45) is 7.05 Å². The van der Waals surface area contributed by atoms with Crippen molar-refractivity contribution in [1.29, 1.82) is 0 Å². The number of aliphatic carboxylic acids is 1. The Kier molecular flexibility index (Phi) is 7.36. The number of rotatable bonds is 7. The van der Waals surface area contributed by atoms with Gasteiger partial charge in [0.25, 0.3) is 11.8 Å². The summed E-state index contributed by atoms with van der Waals surface area (Å²) in [6.07, 6.45) is -6.67. The lowest BCUT2D eigenvalue weighted by Gasteiger charge is -2.18. The molecule has 186 valence electrons. The molecule has 2 aromatic carbocycles. The van der Waals surface area contributed by atoms with Crippen molar-refractivity contribution in [3.8, 4) is 22.9 Å². The molecule has 0 spiro atoms. The van der Waals surface area contributed by atoms with Gasteiger partial charge < -0.3 is 19.3 Å². The minimum absolute atomic E-state index is 0.00636. The number of hydrogen-bond acceptors (Lipinski definition) is 6. The van der Waals surface area contributed by atoms with E-state index in [9.17, 15) is 31.9 Å². The number of nitrogens with zero attached hydrogens (tertiary/aromatic N) is 2. The third-order valence-electron chi connectivity index (χ3n) is 4.57. The quantitative estimate of drug-likeness (QED) is 0.345. The number of ether oxygens (including phenoxy) is 3. The Bertz CT molecular complexity index is 1400. The summed E-state index contributed by atoms with van der Waals surface area (Å²) in [6, 6.07) is 7.68. The van der Waals surface area contributed by atoms with Crippen molar-refractivity contribution in [3.63, 3.8) is 0 Å².